The van der Waals surface area contributed by atoms with Gasteiger partial charge in [0.25, 0.3) is 0 Å². The lowest BCUT2D eigenvalue weighted by molar-refractivity contribution is -0.129. The number of hydrogen-bond acceptors (Lipinski definition) is 4. The van der Waals surface area contributed by atoms with Gasteiger partial charge in [0.15, 0.2) is 5.70 Å². The van der Waals surface area contributed by atoms with Gasteiger partial charge in [-0.05, 0) is 48.5 Å². The highest BCUT2D eigenvalue weighted by Crippen LogP contribution is 2.25. The van der Waals surface area contributed by atoms with Crippen LogP contribution in [0.5, 0.6) is 0 Å². The third-order valence-electron chi connectivity index (χ3n) is 3.68. The van der Waals surface area contributed by atoms with E-state index in [-0.39, 0.29) is 17.4 Å². The maximum Gasteiger partial charge on any atom is 0.363 e. The highest BCUT2D eigenvalue weighted by Gasteiger charge is 2.24. The second-order valence-electron chi connectivity index (χ2n) is 5.41. The number of cyclic esters (lactones) is 1. The number of furan rings is 1. The molecule has 0 unspecified atom stereocenters. The molecule has 0 spiro atoms. The van der Waals surface area contributed by atoms with Gasteiger partial charge < -0.3 is 9.15 Å². The Morgan fingerprint density at radius 2 is 1.64 bits per heavy atom. The lowest BCUT2D eigenvalue weighted by Crippen LogP contribution is -2.04. The van der Waals surface area contributed by atoms with Crippen LogP contribution in [0.4, 0.5) is 4.39 Å². The molecule has 1 aliphatic heterocycles. The predicted molar refractivity (Wildman–Crippen MR) is 91.2 cm³/mol. The second kappa shape index (κ2) is 6.20. The van der Waals surface area contributed by atoms with Crippen molar-refractivity contribution in [1.29, 1.82) is 0 Å². The van der Waals surface area contributed by atoms with Crippen molar-refractivity contribution in [3.05, 3.63) is 89.6 Å². The fourth-order valence-electron chi connectivity index (χ4n) is 2.45. The first-order valence-corrected chi connectivity index (χ1v) is 7.63. The zero-order valence-corrected chi connectivity index (χ0v) is 13.0. The fraction of sp³-hybridized carbons (Fsp3) is 0. The number of carbonyl (C=O) groups excluding carboxylic acids is 1. The number of aliphatic imine (C=N–C) groups is 1. The number of carbonyl (C=O) groups is 1. The summed E-state index contributed by atoms with van der Waals surface area (Å²) >= 11 is 0. The molecule has 0 saturated carbocycles. The Kier molecular flexibility index (Phi) is 3.74. The van der Waals surface area contributed by atoms with Gasteiger partial charge in [-0.1, -0.05) is 18.2 Å². The van der Waals surface area contributed by atoms with Crippen LogP contribution < -0.4 is 0 Å². The van der Waals surface area contributed by atoms with Gasteiger partial charge in [-0.25, -0.2) is 14.2 Å². The molecule has 3 aromatic rings. The number of benzene rings is 2. The van der Waals surface area contributed by atoms with E-state index >= 15 is 0 Å². The summed E-state index contributed by atoms with van der Waals surface area (Å²) in [6.45, 7) is 0. The Morgan fingerprint density at radius 3 is 2.40 bits per heavy atom. The van der Waals surface area contributed by atoms with Gasteiger partial charge in [-0.2, -0.15) is 0 Å². The highest BCUT2D eigenvalue weighted by molar-refractivity contribution is 6.12. The molecule has 1 aliphatic rings. The summed E-state index contributed by atoms with van der Waals surface area (Å²) in [5.41, 5.74) is 1.64. The molecule has 1 aromatic heterocycles. The van der Waals surface area contributed by atoms with E-state index in [1.165, 1.54) is 18.2 Å². The molecule has 25 heavy (non-hydrogen) atoms. The first-order valence-electron chi connectivity index (χ1n) is 7.63. The molecule has 0 amide bonds. The van der Waals surface area contributed by atoms with Crippen molar-refractivity contribution in [2.24, 2.45) is 4.99 Å². The first kappa shape index (κ1) is 15.1. The lowest BCUT2D eigenvalue weighted by atomic mass is 10.2. The lowest BCUT2D eigenvalue weighted by Gasteiger charge is -1.97. The second-order valence-corrected chi connectivity index (χ2v) is 5.41. The van der Waals surface area contributed by atoms with Gasteiger partial charge in [0.2, 0.25) is 5.90 Å². The molecular formula is C20H12FNO3. The average Bonchev–Trinajstić information content (AvgIpc) is 3.24. The smallest absolute Gasteiger partial charge is 0.363 e. The van der Waals surface area contributed by atoms with E-state index in [1.54, 1.807) is 24.3 Å². The Balaban J connectivity index is 1.62. The Hall–Kier alpha value is -3.47. The third kappa shape index (κ3) is 3.12. The van der Waals surface area contributed by atoms with Crippen LogP contribution in [0.2, 0.25) is 0 Å². The summed E-state index contributed by atoms with van der Waals surface area (Å²) in [4.78, 5) is 16.2. The van der Waals surface area contributed by atoms with Gasteiger partial charge in [-0.3, -0.25) is 0 Å². The van der Waals surface area contributed by atoms with Crippen LogP contribution >= 0.6 is 0 Å². The van der Waals surface area contributed by atoms with E-state index in [4.69, 9.17) is 9.15 Å². The summed E-state index contributed by atoms with van der Waals surface area (Å²) < 4.78 is 23.9. The molecule has 0 radical (unpaired) electrons. The number of ether oxygens (including phenoxy) is 1. The number of rotatable bonds is 3. The van der Waals surface area contributed by atoms with Crippen molar-refractivity contribution >= 4 is 17.9 Å². The molecule has 0 N–H and O–H groups in total. The molecule has 2 heterocycles. The van der Waals surface area contributed by atoms with Crippen molar-refractivity contribution in [2.75, 3.05) is 0 Å². The van der Waals surface area contributed by atoms with E-state index in [1.807, 2.05) is 30.3 Å². The molecule has 0 saturated heterocycles. The van der Waals surface area contributed by atoms with Crippen molar-refractivity contribution in [3.63, 3.8) is 0 Å². The van der Waals surface area contributed by atoms with Crippen LogP contribution in [0.25, 0.3) is 17.4 Å². The van der Waals surface area contributed by atoms with Crippen LogP contribution in [0, 0.1) is 5.82 Å². The minimum Gasteiger partial charge on any atom is -0.457 e. The van der Waals surface area contributed by atoms with Gasteiger partial charge in [0.05, 0.1) is 0 Å². The Bertz CT molecular complexity index is 985. The van der Waals surface area contributed by atoms with Crippen molar-refractivity contribution in [1.82, 2.24) is 0 Å². The number of hydrogen-bond donors (Lipinski definition) is 0. The topological polar surface area (TPSA) is 51.8 Å². The number of esters is 1. The van der Waals surface area contributed by atoms with E-state index in [0.717, 1.165) is 11.1 Å². The molecule has 4 rings (SSSR count). The van der Waals surface area contributed by atoms with Crippen molar-refractivity contribution in [2.45, 2.75) is 0 Å². The van der Waals surface area contributed by atoms with E-state index < -0.39 is 5.97 Å². The van der Waals surface area contributed by atoms with Gasteiger partial charge >= 0.3 is 5.97 Å². The first-order chi connectivity index (χ1) is 12.2. The summed E-state index contributed by atoms with van der Waals surface area (Å²) in [7, 11) is 0. The monoisotopic (exact) mass is 333 g/mol. The summed E-state index contributed by atoms with van der Waals surface area (Å²) in [5.74, 6) is 0.463. The SMILES string of the molecule is O=C1OC(c2ccccc2)=N/C1=C/c1ccc(-c2ccc(F)cc2)o1. The maximum absolute atomic E-state index is 13.0. The number of halogens is 1. The van der Waals surface area contributed by atoms with Gasteiger partial charge in [-0.15, -0.1) is 0 Å². The van der Waals surface area contributed by atoms with Crippen LogP contribution in [-0.4, -0.2) is 11.9 Å². The van der Waals surface area contributed by atoms with Crippen molar-refractivity contribution < 1.29 is 18.3 Å². The Morgan fingerprint density at radius 1 is 0.880 bits per heavy atom. The molecule has 5 heteroatoms. The normalized spacial score (nSPS) is 15.3. The molecule has 0 bridgehead atoms. The van der Waals surface area contributed by atoms with E-state index in [2.05, 4.69) is 4.99 Å². The van der Waals surface area contributed by atoms with Crippen molar-refractivity contribution in [3.8, 4) is 11.3 Å². The molecule has 0 fully saturated rings. The van der Waals surface area contributed by atoms with Gasteiger partial charge in [0.1, 0.15) is 17.3 Å². The summed E-state index contributed by atoms with van der Waals surface area (Å²) in [6, 6.07) is 18.6. The zero-order chi connectivity index (χ0) is 17.2. The fourth-order valence-corrected chi connectivity index (χ4v) is 2.45. The minimum atomic E-state index is -0.529. The molecule has 0 atom stereocenters. The molecule has 122 valence electrons. The van der Waals surface area contributed by atoms with E-state index in [0.29, 0.717) is 11.5 Å². The number of nitrogens with zero attached hydrogens (tertiary/aromatic N) is 1. The van der Waals surface area contributed by atoms with Crippen LogP contribution in [-0.2, 0) is 9.53 Å². The molecule has 2 aromatic carbocycles. The standard InChI is InChI=1S/C20H12FNO3/c21-15-8-6-13(7-9-15)18-11-10-16(24-18)12-17-20(23)25-19(22-17)14-4-2-1-3-5-14/h1-12H/b17-12+. The molecule has 0 aliphatic carbocycles. The predicted octanol–water partition coefficient (Wildman–Crippen LogP) is 4.43. The third-order valence-corrected chi connectivity index (χ3v) is 3.68. The minimum absolute atomic E-state index is 0.166. The largest absolute Gasteiger partial charge is 0.457 e. The molecule has 4 nitrogen and oxygen atoms in total. The summed E-state index contributed by atoms with van der Waals surface area (Å²) in [6.07, 6.45) is 1.52. The maximum atomic E-state index is 13.0. The van der Waals surface area contributed by atoms with Crippen LogP contribution in [0.1, 0.15) is 11.3 Å². The Labute approximate surface area is 142 Å². The highest BCUT2D eigenvalue weighted by atomic mass is 19.1. The average molecular weight is 333 g/mol. The van der Waals surface area contributed by atoms with Gasteiger partial charge in [0, 0.05) is 17.2 Å². The van der Waals surface area contributed by atoms with Crippen LogP contribution in [0.15, 0.2) is 81.8 Å². The van der Waals surface area contributed by atoms with Crippen LogP contribution in [0.3, 0.4) is 0 Å². The summed E-state index contributed by atoms with van der Waals surface area (Å²) in [5, 5.41) is 0. The quantitative estimate of drug-likeness (QED) is 0.526. The zero-order valence-electron chi connectivity index (χ0n) is 13.0. The van der Waals surface area contributed by atoms with E-state index in [9.17, 15) is 9.18 Å². The molecular weight excluding hydrogens is 321 g/mol.